The number of nitrogen functional groups attached to an aromatic ring is 1. The fraction of sp³-hybridized carbons (Fsp3) is 0.636. The zero-order valence-corrected chi connectivity index (χ0v) is 11.2. The van der Waals surface area contributed by atoms with E-state index in [-0.39, 0.29) is 12.4 Å². The molecule has 0 atom stereocenters. The minimum Gasteiger partial charge on any atom is -0.347 e. The van der Waals surface area contributed by atoms with Crippen LogP contribution >= 0.6 is 0 Å². The molecule has 0 aliphatic carbocycles. The first kappa shape index (κ1) is 15.5. The monoisotopic (exact) mass is 277 g/mol. The first-order valence-electron chi connectivity index (χ1n) is 5.92. The van der Waals surface area contributed by atoms with Gasteiger partial charge < -0.3 is 10.3 Å². The molecule has 0 aliphatic rings. The first-order valence-corrected chi connectivity index (χ1v) is 5.92. The Labute approximate surface area is 110 Å². The molecule has 3 N–H and O–H groups in total. The Bertz CT molecular complexity index is 433. The van der Waals surface area contributed by atoms with Gasteiger partial charge in [-0.2, -0.15) is 13.2 Å². The van der Waals surface area contributed by atoms with Crippen LogP contribution < -0.4 is 16.2 Å². The standard InChI is InChI=1S/C11H18F3N5/c1-4-5-19(6-11(12,13)14)10-7(2)9(18-15)16-8(3)17-10/h4-6,15H2,1-3H3,(H,16,17,18). The summed E-state index contributed by atoms with van der Waals surface area (Å²) >= 11 is 0. The van der Waals surface area contributed by atoms with Crippen molar-refractivity contribution in [1.82, 2.24) is 9.97 Å². The van der Waals surface area contributed by atoms with Gasteiger partial charge in [0, 0.05) is 12.1 Å². The highest BCUT2D eigenvalue weighted by Gasteiger charge is 2.32. The summed E-state index contributed by atoms with van der Waals surface area (Å²) in [6.07, 6.45) is -3.69. The summed E-state index contributed by atoms with van der Waals surface area (Å²) < 4.78 is 37.8. The van der Waals surface area contributed by atoms with E-state index in [1.54, 1.807) is 13.8 Å². The number of hydrogen-bond acceptors (Lipinski definition) is 5. The maximum absolute atomic E-state index is 12.6. The number of rotatable bonds is 5. The van der Waals surface area contributed by atoms with Crippen LogP contribution in [0.2, 0.25) is 0 Å². The molecule has 8 heteroatoms. The van der Waals surface area contributed by atoms with E-state index in [2.05, 4.69) is 15.4 Å². The van der Waals surface area contributed by atoms with Crippen LogP contribution in [-0.4, -0.2) is 29.2 Å². The van der Waals surface area contributed by atoms with E-state index in [4.69, 9.17) is 5.84 Å². The molecule has 1 aromatic rings. The number of anilines is 2. The van der Waals surface area contributed by atoms with Crippen molar-refractivity contribution in [2.75, 3.05) is 23.4 Å². The van der Waals surface area contributed by atoms with Gasteiger partial charge in [0.1, 0.15) is 24.0 Å². The average molecular weight is 277 g/mol. The lowest BCUT2D eigenvalue weighted by Crippen LogP contribution is -2.36. The Morgan fingerprint density at radius 3 is 2.37 bits per heavy atom. The van der Waals surface area contributed by atoms with Crippen LogP contribution in [-0.2, 0) is 0 Å². The largest absolute Gasteiger partial charge is 0.405 e. The second kappa shape index (κ2) is 6.05. The van der Waals surface area contributed by atoms with Crippen LogP contribution in [0.3, 0.4) is 0 Å². The zero-order valence-electron chi connectivity index (χ0n) is 11.2. The van der Waals surface area contributed by atoms with Gasteiger partial charge in [0.2, 0.25) is 0 Å². The van der Waals surface area contributed by atoms with Crippen LogP contribution in [0.15, 0.2) is 0 Å². The molecule has 5 nitrogen and oxygen atoms in total. The molecule has 0 radical (unpaired) electrons. The second-order valence-electron chi connectivity index (χ2n) is 4.25. The molecule has 108 valence electrons. The molecule has 1 rings (SSSR count). The number of alkyl halides is 3. The molecular formula is C11H18F3N5. The van der Waals surface area contributed by atoms with Gasteiger partial charge in [0.05, 0.1) is 0 Å². The number of aromatic nitrogens is 2. The fourth-order valence-corrected chi connectivity index (χ4v) is 1.81. The summed E-state index contributed by atoms with van der Waals surface area (Å²) in [6, 6.07) is 0. The van der Waals surface area contributed by atoms with Crippen molar-refractivity contribution in [1.29, 1.82) is 0 Å². The van der Waals surface area contributed by atoms with Gasteiger partial charge in [-0.1, -0.05) is 6.92 Å². The number of halogens is 3. The van der Waals surface area contributed by atoms with Gasteiger partial charge in [-0.3, -0.25) is 0 Å². The molecule has 19 heavy (non-hydrogen) atoms. The highest BCUT2D eigenvalue weighted by molar-refractivity contribution is 5.58. The molecule has 1 aromatic heterocycles. The van der Waals surface area contributed by atoms with Crippen LogP contribution in [0.25, 0.3) is 0 Å². The normalized spacial score (nSPS) is 11.5. The van der Waals surface area contributed by atoms with Gasteiger partial charge in [-0.15, -0.1) is 0 Å². The number of nitrogens with one attached hydrogen (secondary N) is 1. The number of nitrogens with two attached hydrogens (primary N) is 1. The summed E-state index contributed by atoms with van der Waals surface area (Å²) in [5.41, 5.74) is 2.88. The molecule has 0 fully saturated rings. The van der Waals surface area contributed by atoms with E-state index in [1.807, 2.05) is 6.92 Å². The van der Waals surface area contributed by atoms with Crippen LogP contribution in [0.4, 0.5) is 24.8 Å². The molecule has 0 bridgehead atoms. The first-order chi connectivity index (χ1) is 8.78. The smallest absolute Gasteiger partial charge is 0.347 e. The van der Waals surface area contributed by atoms with Crippen molar-refractivity contribution < 1.29 is 13.2 Å². The fourth-order valence-electron chi connectivity index (χ4n) is 1.81. The van der Waals surface area contributed by atoms with Gasteiger partial charge in [-0.05, 0) is 20.3 Å². The third kappa shape index (κ3) is 4.23. The van der Waals surface area contributed by atoms with E-state index in [1.165, 1.54) is 4.90 Å². The predicted octanol–water partition coefficient (Wildman–Crippen LogP) is 2.16. The summed E-state index contributed by atoms with van der Waals surface area (Å²) in [5, 5.41) is 0. The Kier molecular flexibility index (Phi) is 4.93. The molecule has 0 saturated heterocycles. The predicted molar refractivity (Wildman–Crippen MR) is 67.9 cm³/mol. The SMILES string of the molecule is CCCN(CC(F)(F)F)c1nc(C)nc(NN)c1C. The maximum atomic E-state index is 12.6. The van der Waals surface area contributed by atoms with Crippen molar-refractivity contribution >= 4 is 11.6 Å². The van der Waals surface area contributed by atoms with Gasteiger partial charge in [0.25, 0.3) is 0 Å². The Morgan fingerprint density at radius 2 is 1.89 bits per heavy atom. The van der Waals surface area contributed by atoms with Crippen molar-refractivity contribution in [3.8, 4) is 0 Å². The van der Waals surface area contributed by atoms with Crippen LogP contribution in [0.1, 0.15) is 24.7 Å². The molecule has 1 heterocycles. The summed E-state index contributed by atoms with van der Waals surface area (Å²) in [6.45, 7) is 4.29. The van der Waals surface area contributed by atoms with E-state index in [0.717, 1.165) is 0 Å². The number of aryl methyl sites for hydroxylation is 1. The maximum Gasteiger partial charge on any atom is 0.405 e. The van der Waals surface area contributed by atoms with E-state index < -0.39 is 12.7 Å². The number of hydrazine groups is 1. The summed E-state index contributed by atoms with van der Waals surface area (Å²) in [7, 11) is 0. The third-order valence-electron chi connectivity index (χ3n) is 2.53. The summed E-state index contributed by atoms with van der Waals surface area (Å²) in [4.78, 5) is 9.34. The topological polar surface area (TPSA) is 67.1 Å². The van der Waals surface area contributed by atoms with Crippen LogP contribution in [0, 0.1) is 13.8 Å². The Hall–Kier alpha value is -1.57. The van der Waals surface area contributed by atoms with Crippen molar-refractivity contribution in [2.24, 2.45) is 5.84 Å². The molecular weight excluding hydrogens is 259 g/mol. The Morgan fingerprint density at radius 1 is 1.26 bits per heavy atom. The number of nitrogens with zero attached hydrogens (tertiary/aromatic N) is 3. The summed E-state index contributed by atoms with van der Waals surface area (Å²) in [5.74, 6) is 6.28. The Balaban J connectivity index is 3.18. The molecule has 0 spiro atoms. The minimum absolute atomic E-state index is 0.264. The van der Waals surface area contributed by atoms with E-state index >= 15 is 0 Å². The van der Waals surface area contributed by atoms with Gasteiger partial charge in [0.15, 0.2) is 0 Å². The van der Waals surface area contributed by atoms with Crippen molar-refractivity contribution in [3.05, 3.63) is 11.4 Å². The average Bonchev–Trinajstić information content (AvgIpc) is 2.29. The highest BCUT2D eigenvalue weighted by Crippen LogP contribution is 2.26. The number of hydrogen-bond donors (Lipinski definition) is 2. The minimum atomic E-state index is -4.28. The lowest BCUT2D eigenvalue weighted by molar-refractivity contribution is -0.119. The molecule has 0 aliphatic heterocycles. The second-order valence-corrected chi connectivity index (χ2v) is 4.25. The zero-order chi connectivity index (χ0) is 14.6. The molecule has 0 aromatic carbocycles. The lowest BCUT2D eigenvalue weighted by Gasteiger charge is -2.26. The van der Waals surface area contributed by atoms with E-state index in [0.29, 0.717) is 23.6 Å². The quantitative estimate of drug-likeness (QED) is 0.637. The highest BCUT2D eigenvalue weighted by atomic mass is 19.4. The van der Waals surface area contributed by atoms with Crippen LogP contribution in [0.5, 0.6) is 0 Å². The molecule has 0 unspecified atom stereocenters. The lowest BCUT2D eigenvalue weighted by atomic mass is 10.2. The molecule has 0 saturated carbocycles. The van der Waals surface area contributed by atoms with Gasteiger partial charge in [-0.25, -0.2) is 15.8 Å². The molecule has 0 amide bonds. The van der Waals surface area contributed by atoms with Crippen molar-refractivity contribution in [3.63, 3.8) is 0 Å². The van der Waals surface area contributed by atoms with Gasteiger partial charge >= 0.3 is 6.18 Å². The van der Waals surface area contributed by atoms with Crippen molar-refractivity contribution in [2.45, 2.75) is 33.4 Å². The third-order valence-corrected chi connectivity index (χ3v) is 2.53. The van der Waals surface area contributed by atoms with E-state index in [9.17, 15) is 13.2 Å².